The van der Waals surface area contributed by atoms with Crippen LogP contribution < -0.4 is 5.32 Å². The van der Waals surface area contributed by atoms with Crippen molar-refractivity contribution in [3.05, 3.63) is 59.1 Å². The number of amides is 1. The molecule has 1 aromatic heterocycles. The van der Waals surface area contributed by atoms with E-state index in [1.165, 1.54) is 10.5 Å². The van der Waals surface area contributed by atoms with Crippen LogP contribution in [-0.4, -0.2) is 21.9 Å². The van der Waals surface area contributed by atoms with Crippen molar-refractivity contribution in [1.29, 1.82) is 0 Å². The van der Waals surface area contributed by atoms with Crippen LogP contribution in [0.15, 0.2) is 57.8 Å². The lowest BCUT2D eigenvalue weighted by Crippen LogP contribution is -2.11. The number of rotatable bonds is 7. The Morgan fingerprint density at radius 3 is 2.77 bits per heavy atom. The van der Waals surface area contributed by atoms with Crippen molar-refractivity contribution in [2.24, 2.45) is 0 Å². The van der Waals surface area contributed by atoms with Gasteiger partial charge in [0.2, 0.25) is 11.8 Å². The SMILES string of the molecule is Cc1ccc(SCCCC(=O)Nc2nnc(-c3cccc(Cl)c3)o2)cc1. The zero-order valence-electron chi connectivity index (χ0n) is 14.2. The van der Waals surface area contributed by atoms with Crippen LogP contribution in [0.2, 0.25) is 5.02 Å². The molecule has 134 valence electrons. The van der Waals surface area contributed by atoms with Crippen LogP contribution >= 0.6 is 23.4 Å². The maximum absolute atomic E-state index is 12.0. The van der Waals surface area contributed by atoms with Crippen molar-refractivity contribution >= 4 is 35.3 Å². The molecule has 0 aliphatic rings. The van der Waals surface area contributed by atoms with Crippen LogP contribution in [0, 0.1) is 6.92 Å². The van der Waals surface area contributed by atoms with E-state index in [0.29, 0.717) is 22.9 Å². The summed E-state index contributed by atoms with van der Waals surface area (Å²) in [4.78, 5) is 13.2. The highest BCUT2D eigenvalue weighted by molar-refractivity contribution is 7.99. The molecular weight excluding hydrogens is 370 g/mol. The number of hydrogen-bond acceptors (Lipinski definition) is 5. The number of nitrogens with one attached hydrogen (secondary N) is 1. The molecule has 3 aromatic rings. The van der Waals surface area contributed by atoms with Crippen molar-refractivity contribution < 1.29 is 9.21 Å². The van der Waals surface area contributed by atoms with E-state index in [0.717, 1.165) is 12.2 Å². The first-order valence-electron chi connectivity index (χ1n) is 8.19. The number of nitrogens with zero attached hydrogens (tertiary/aromatic N) is 2. The largest absolute Gasteiger partial charge is 0.403 e. The zero-order valence-corrected chi connectivity index (χ0v) is 15.8. The monoisotopic (exact) mass is 387 g/mol. The van der Waals surface area contributed by atoms with E-state index in [2.05, 4.69) is 46.7 Å². The van der Waals surface area contributed by atoms with E-state index in [4.69, 9.17) is 16.0 Å². The number of carbonyl (C=O) groups excluding carboxylic acids is 1. The van der Waals surface area contributed by atoms with Gasteiger partial charge in [-0.3, -0.25) is 10.1 Å². The summed E-state index contributed by atoms with van der Waals surface area (Å²) in [5.41, 5.74) is 1.95. The van der Waals surface area contributed by atoms with Crippen molar-refractivity contribution in [2.45, 2.75) is 24.7 Å². The molecule has 0 aliphatic heterocycles. The fourth-order valence-corrected chi connectivity index (χ4v) is 3.29. The van der Waals surface area contributed by atoms with Gasteiger partial charge in [-0.25, -0.2) is 0 Å². The third-order valence-corrected chi connectivity index (χ3v) is 4.91. The normalized spacial score (nSPS) is 10.7. The van der Waals surface area contributed by atoms with Gasteiger partial charge in [-0.05, 0) is 49.4 Å². The summed E-state index contributed by atoms with van der Waals surface area (Å²) in [6.45, 7) is 2.06. The Bertz CT molecular complexity index is 881. The van der Waals surface area contributed by atoms with Crippen LogP contribution in [0.25, 0.3) is 11.5 Å². The van der Waals surface area contributed by atoms with E-state index >= 15 is 0 Å². The molecule has 0 saturated carbocycles. The first kappa shape index (κ1) is 18.5. The second-order valence-corrected chi connectivity index (χ2v) is 7.34. The first-order chi connectivity index (χ1) is 12.6. The summed E-state index contributed by atoms with van der Waals surface area (Å²) in [5, 5.41) is 11.0. The molecule has 0 spiro atoms. The topological polar surface area (TPSA) is 68.0 Å². The molecule has 0 atom stereocenters. The van der Waals surface area contributed by atoms with Crippen LogP contribution in [0.1, 0.15) is 18.4 Å². The Kier molecular flexibility index (Phi) is 6.30. The van der Waals surface area contributed by atoms with Gasteiger partial charge in [0.15, 0.2) is 0 Å². The summed E-state index contributed by atoms with van der Waals surface area (Å²) in [6, 6.07) is 15.5. The maximum Gasteiger partial charge on any atom is 0.322 e. The van der Waals surface area contributed by atoms with E-state index in [1.807, 2.05) is 6.07 Å². The molecule has 3 rings (SSSR count). The molecule has 0 fully saturated rings. The minimum Gasteiger partial charge on any atom is -0.403 e. The summed E-state index contributed by atoms with van der Waals surface area (Å²) < 4.78 is 5.46. The molecule has 0 saturated heterocycles. The fraction of sp³-hybridized carbons (Fsp3) is 0.211. The Morgan fingerprint density at radius 1 is 1.19 bits per heavy atom. The van der Waals surface area contributed by atoms with Crippen LogP contribution in [0.3, 0.4) is 0 Å². The maximum atomic E-state index is 12.0. The van der Waals surface area contributed by atoms with Gasteiger partial charge in [0, 0.05) is 21.9 Å². The first-order valence-corrected chi connectivity index (χ1v) is 9.55. The van der Waals surface area contributed by atoms with Crippen LogP contribution in [-0.2, 0) is 4.79 Å². The van der Waals surface area contributed by atoms with Gasteiger partial charge in [0.25, 0.3) is 0 Å². The van der Waals surface area contributed by atoms with Crippen molar-refractivity contribution in [2.75, 3.05) is 11.1 Å². The fourth-order valence-electron chi connectivity index (χ4n) is 2.25. The number of aromatic nitrogens is 2. The molecule has 7 heteroatoms. The molecule has 0 radical (unpaired) electrons. The van der Waals surface area contributed by atoms with Crippen LogP contribution in [0.4, 0.5) is 6.01 Å². The van der Waals surface area contributed by atoms with Gasteiger partial charge in [-0.15, -0.1) is 16.9 Å². The third kappa shape index (κ3) is 5.34. The average molecular weight is 388 g/mol. The lowest BCUT2D eigenvalue weighted by molar-refractivity contribution is -0.116. The summed E-state index contributed by atoms with van der Waals surface area (Å²) in [6.07, 6.45) is 1.16. The molecule has 1 N–H and O–H groups in total. The minimum atomic E-state index is -0.143. The smallest absolute Gasteiger partial charge is 0.322 e. The van der Waals surface area contributed by atoms with Crippen molar-refractivity contribution in [3.8, 4) is 11.5 Å². The molecule has 5 nitrogen and oxygen atoms in total. The quantitative estimate of drug-likeness (QED) is 0.445. The molecule has 1 heterocycles. The number of anilines is 1. The number of hydrogen-bond donors (Lipinski definition) is 1. The number of carbonyl (C=O) groups is 1. The average Bonchev–Trinajstić information content (AvgIpc) is 3.09. The molecular formula is C19H18ClN3O2S. The Labute approximate surface area is 161 Å². The van der Waals surface area contributed by atoms with E-state index in [9.17, 15) is 4.79 Å². The molecule has 0 aliphatic carbocycles. The van der Waals surface area contributed by atoms with Gasteiger partial charge >= 0.3 is 6.01 Å². The molecule has 26 heavy (non-hydrogen) atoms. The summed E-state index contributed by atoms with van der Waals surface area (Å²) >= 11 is 7.68. The minimum absolute atomic E-state index is 0.0937. The van der Waals surface area contributed by atoms with Gasteiger partial charge < -0.3 is 4.42 Å². The predicted octanol–water partition coefficient (Wildman–Crippen LogP) is 5.21. The van der Waals surface area contributed by atoms with Crippen molar-refractivity contribution in [3.63, 3.8) is 0 Å². The number of benzene rings is 2. The second-order valence-electron chi connectivity index (χ2n) is 5.74. The van der Waals surface area contributed by atoms with E-state index in [-0.39, 0.29) is 11.9 Å². The molecule has 0 bridgehead atoms. The van der Waals surface area contributed by atoms with Gasteiger partial charge in [0.05, 0.1) is 0 Å². The van der Waals surface area contributed by atoms with Gasteiger partial charge in [-0.1, -0.05) is 40.5 Å². The molecule has 1 amide bonds. The van der Waals surface area contributed by atoms with E-state index in [1.54, 1.807) is 30.0 Å². The van der Waals surface area contributed by atoms with E-state index < -0.39 is 0 Å². The zero-order chi connectivity index (χ0) is 18.4. The highest BCUT2D eigenvalue weighted by atomic mass is 35.5. The highest BCUT2D eigenvalue weighted by Crippen LogP contribution is 2.23. The number of aryl methyl sites for hydroxylation is 1. The van der Waals surface area contributed by atoms with Crippen molar-refractivity contribution in [1.82, 2.24) is 10.2 Å². The Hall–Kier alpha value is -2.31. The second kappa shape index (κ2) is 8.87. The van der Waals surface area contributed by atoms with Gasteiger partial charge in [-0.2, -0.15) is 0 Å². The standard InChI is InChI=1S/C19H18ClN3O2S/c1-13-7-9-16(10-8-13)26-11-3-6-17(24)21-19-23-22-18(25-19)14-4-2-5-15(20)12-14/h2,4-5,7-10,12H,3,6,11H2,1H3,(H,21,23,24). The summed E-state index contributed by atoms with van der Waals surface area (Å²) in [7, 11) is 0. The predicted molar refractivity (Wildman–Crippen MR) is 105 cm³/mol. The van der Waals surface area contributed by atoms with Crippen LogP contribution in [0.5, 0.6) is 0 Å². The molecule has 2 aromatic carbocycles. The Morgan fingerprint density at radius 2 is 2.00 bits per heavy atom. The molecule has 0 unspecified atom stereocenters. The highest BCUT2D eigenvalue weighted by Gasteiger charge is 2.11. The Balaban J connectivity index is 1.44. The number of thioether (sulfide) groups is 1. The number of halogens is 1. The lowest BCUT2D eigenvalue weighted by atomic mass is 10.2. The summed E-state index contributed by atoms with van der Waals surface area (Å²) in [5.74, 6) is 1.04. The van der Waals surface area contributed by atoms with Gasteiger partial charge in [0.1, 0.15) is 0 Å². The lowest BCUT2D eigenvalue weighted by Gasteiger charge is -2.02. The third-order valence-electron chi connectivity index (χ3n) is 3.58.